The van der Waals surface area contributed by atoms with Crippen molar-refractivity contribution in [3.63, 3.8) is 0 Å². The van der Waals surface area contributed by atoms with E-state index in [9.17, 15) is 0 Å². The Morgan fingerprint density at radius 2 is 1.86 bits per heavy atom. The highest BCUT2D eigenvalue weighted by atomic mass is 16.5. The molecule has 112 valence electrons. The number of hydrogen-bond acceptors (Lipinski definition) is 5. The first-order chi connectivity index (χ1) is 10.4. The van der Waals surface area contributed by atoms with Gasteiger partial charge in [-0.3, -0.25) is 0 Å². The fourth-order valence-electron chi connectivity index (χ4n) is 2.10. The second-order valence-electron chi connectivity index (χ2n) is 5.33. The van der Waals surface area contributed by atoms with E-state index in [-0.39, 0.29) is 0 Å². The van der Waals surface area contributed by atoms with E-state index in [1.54, 1.807) is 0 Å². The molecular formula is C16H21N3O2. The highest BCUT2D eigenvalue weighted by molar-refractivity contribution is 5.20. The van der Waals surface area contributed by atoms with Crippen molar-refractivity contribution in [2.75, 3.05) is 13.2 Å². The highest BCUT2D eigenvalue weighted by Gasteiger charge is 2.19. The fraction of sp³-hybridized carbons (Fsp3) is 0.500. The van der Waals surface area contributed by atoms with E-state index >= 15 is 0 Å². The lowest BCUT2D eigenvalue weighted by Crippen LogP contribution is -2.17. The number of para-hydroxylation sites is 1. The molecule has 5 nitrogen and oxygen atoms in total. The van der Waals surface area contributed by atoms with Crippen molar-refractivity contribution in [1.82, 2.24) is 15.5 Å². The maximum Gasteiger partial charge on any atom is 0.219 e. The van der Waals surface area contributed by atoms with Crippen LogP contribution in [0.1, 0.15) is 31.0 Å². The molecule has 0 spiro atoms. The molecule has 0 radical (unpaired) electrons. The molecule has 1 fully saturated rings. The Balaban J connectivity index is 1.34. The molecule has 0 aliphatic heterocycles. The predicted octanol–water partition coefficient (Wildman–Crippen LogP) is 2.38. The van der Waals surface area contributed by atoms with Crippen LogP contribution in [0.25, 0.3) is 0 Å². The second-order valence-corrected chi connectivity index (χ2v) is 5.33. The lowest BCUT2D eigenvalue weighted by Gasteiger charge is -2.03. The molecule has 3 rings (SSSR count). The second kappa shape index (κ2) is 7.22. The zero-order valence-electron chi connectivity index (χ0n) is 12.1. The van der Waals surface area contributed by atoms with E-state index in [2.05, 4.69) is 15.5 Å². The third kappa shape index (κ3) is 4.86. The Morgan fingerprint density at radius 1 is 1.10 bits per heavy atom. The summed E-state index contributed by atoms with van der Waals surface area (Å²) in [7, 11) is 0. The van der Waals surface area contributed by atoms with Gasteiger partial charge in [-0.25, -0.2) is 0 Å². The molecule has 0 bridgehead atoms. The molecule has 5 heteroatoms. The van der Waals surface area contributed by atoms with Crippen LogP contribution in [0.2, 0.25) is 0 Å². The van der Waals surface area contributed by atoms with Crippen LogP contribution in [0.5, 0.6) is 5.75 Å². The molecule has 1 aliphatic carbocycles. The topological polar surface area (TPSA) is 60.2 Å². The maximum absolute atomic E-state index is 5.61. The van der Waals surface area contributed by atoms with E-state index in [4.69, 9.17) is 9.15 Å². The van der Waals surface area contributed by atoms with Crippen LogP contribution in [0.15, 0.2) is 34.7 Å². The number of aryl methyl sites for hydroxylation is 1. The van der Waals surface area contributed by atoms with Gasteiger partial charge in [-0.15, -0.1) is 10.2 Å². The minimum Gasteiger partial charge on any atom is -0.493 e. The largest absolute Gasteiger partial charge is 0.493 e. The van der Waals surface area contributed by atoms with Gasteiger partial charge in [-0.05, 0) is 37.9 Å². The molecule has 1 saturated carbocycles. The first-order valence-corrected chi connectivity index (χ1v) is 7.62. The van der Waals surface area contributed by atoms with Crippen molar-refractivity contribution in [3.8, 4) is 5.75 Å². The van der Waals surface area contributed by atoms with Gasteiger partial charge >= 0.3 is 0 Å². The van der Waals surface area contributed by atoms with Gasteiger partial charge in [0.25, 0.3) is 0 Å². The third-order valence-corrected chi connectivity index (χ3v) is 3.41. The summed E-state index contributed by atoms with van der Waals surface area (Å²) >= 11 is 0. The molecule has 21 heavy (non-hydrogen) atoms. The minimum atomic E-state index is 0.550. The average Bonchev–Trinajstić information content (AvgIpc) is 3.24. The van der Waals surface area contributed by atoms with Gasteiger partial charge in [0.05, 0.1) is 13.0 Å². The van der Waals surface area contributed by atoms with Gasteiger partial charge in [0.1, 0.15) is 5.75 Å². The van der Waals surface area contributed by atoms with Crippen LogP contribution in [0.4, 0.5) is 0 Å². The van der Waals surface area contributed by atoms with Crippen molar-refractivity contribution in [3.05, 3.63) is 42.1 Å². The van der Waals surface area contributed by atoms with Crippen LogP contribution in [0, 0.1) is 0 Å². The molecule has 2 aromatic rings. The Kier molecular flexibility index (Phi) is 4.84. The molecule has 1 N–H and O–H groups in total. The van der Waals surface area contributed by atoms with Crippen molar-refractivity contribution >= 4 is 0 Å². The molecule has 1 aliphatic rings. The van der Waals surface area contributed by atoms with E-state index in [0.717, 1.165) is 37.1 Å². The quantitative estimate of drug-likeness (QED) is 0.718. The van der Waals surface area contributed by atoms with Crippen LogP contribution >= 0.6 is 0 Å². The summed E-state index contributed by atoms with van der Waals surface area (Å²) in [6, 6.07) is 10.5. The number of aromatic nitrogens is 2. The summed E-state index contributed by atoms with van der Waals surface area (Å²) in [5, 5.41) is 11.6. The van der Waals surface area contributed by atoms with Crippen molar-refractivity contribution in [1.29, 1.82) is 0 Å². The van der Waals surface area contributed by atoms with Crippen LogP contribution < -0.4 is 10.1 Å². The Morgan fingerprint density at radius 3 is 2.62 bits per heavy atom. The average molecular weight is 287 g/mol. The maximum atomic E-state index is 5.61. The summed E-state index contributed by atoms with van der Waals surface area (Å²) in [5.74, 6) is 2.24. The van der Waals surface area contributed by atoms with Gasteiger partial charge in [0.15, 0.2) is 0 Å². The van der Waals surface area contributed by atoms with E-state index < -0.39 is 0 Å². The van der Waals surface area contributed by atoms with Gasteiger partial charge in [-0.1, -0.05) is 18.2 Å². The summed E-state index contributed by atoms with van der Waals surface area (Å²) in [6.45, 7) is 1.58. The Hall–Kier alpha value is -1.88. The monoisotopic (exact) mass is 287 g/mol. The first-order valence-electron chi connectivity index (χ1n) is 7.62. The van der Waals surface area contributed by atoms with Crippen LogP contribution in [-0.2, 0) is 12.8 Å². The number of nitrogens with one attached hydrogen (secondary N) is 1. The van der Waals surface area contributed by atoms with Crippen LogP contribution in [0.3, 0.4) is 0 Å². The normalized spacial score (nSPS) is 14.3. The predicted molar refractivity (Wildman–Crippen MR) is 79.3 cm³/mol. The van der Waals surface area contributed by atoms with E-state index in [0.29, 0.717) is 18.9 Å². The van der Waals surface area contributed by atoms with Gasteiger partial charge in [0, 0.05) is 12.5 Å². The third-order valence-electron chi connectivity index (χ3n) is 3.41. The number of ether oxygens (including phenoxy) is 1. The van der Waals surface area contributed by atoms with Gasteiger partial charge in [0.2, 0.25) is 11.8 Å². The van der Waals surface area contributed by atoms with Crippen molar-refractivity contribution in [2.24, 2.45) is 0 Å². The zero-order valence-corrected chi connectivity index (χ0v) is 12.1. The Labute approximate surface area is 124 Å². The Bertz CT molecular complexity index is 537. The van der Waals surface area contributed by atoms with Gasteiger partial charge < -0.3 is 14.5 Å². The number of hydrogen-bond donors (Lipinski definition) is 1. The molecule has 1 aromatic heterocycles. The minimum absolute atomic E-state index is 0.550. The highest BCUT2D eigenvalue weighted by Crippen LogP contribution is 2.18. The summed E-state index contributed by atoms with van der Waals surface area (Å²) < 4.78 is 11.2. The molecule has 1 aromatic carbocycles. The molecule has 0 saturated heterocycles. The van der Waals surface area contributed by atoms with Crippen molar-refractivity contribution in [2.45, 2.75) is 38.1 Å². The lowest BCUT2D eigenvalue weighted by molar-refractivity contribution is 0.303. The van der Waals surface area contributed by atoms with Crippen molar-refractivity contribution < 1.29 is 9.15 Å². The zero-order chi connectivity index (χ0) is 14.3. The standard InChI is InChI=1S/C16H21N3O2/c1-2-5-14(6-3-1)20-12-10-16-19-18-15(21-16)7-4-11-17-13-8-9-13/h1-3,5-6,13,17H,4,7-12H2. The number of nitrogens with zero attached hydrogens (tertiary/aromatic N) is 2. The summed E-state index contributed by atoms with van der Waals surface area (Å²) in [5.41, 5.74) is 0. The molecule has 0 unspecified atom stereocenters. The number of rotatable bonds is 9. The summed E-state index contributed by atoms with van der Waals surface area (Å²) in [4.78, 5) is 0. The molecule has 1 heterocycles. The summed E-state index contributed by atoms with van der Waals surface area (Å²) in [6.07, 6.45) is 5.17. The lowest BCUT2D eigenvalue weighted by atomic mass is 10.3. The van der Waals surface area contributed by atoms with E-state index in [1.165, 1.54) is 12.8 Å². The molecule has 0 atom stereocenters. The smallest absolute Gasteiger partial charge is 0.219 e. The molecule has 0 amide bonds. The van der Waals surface area contributed by atoms with E-state index in [1.807, 2.05) is 30.3 Å². The fourth-order valence-corrected chi connectivity index (χ4v) is 2.10. The first kappa shape index (κ1) is 14.1. The molecular weight excluding hydrogens is 266 g/mol. The van der Waals surface area contributed by atoms with Crippen LogP contribution in [-0.4, -0.2) is 29.4 Å². The van der Waals surface area contributed by atoms with Gasteiger partial charge in [-0.2, -0.15) is 0 Å². The number of benzene rings is 1. The SMILES string of the molecule is c1ccc(OCCc2nnc(CCCNC3CC3)o2)cc1.